The predicted octanol–water partition coefficient (Wildman–Crippen LogP) is 3.78. The molecular weight excluding hydrogens is 444 g/mol. The fraction of sp³-hybridized carbons (Fsp3) is 0.100. The number of nitrogens with zero attached hydrogens (tertiary/aromatic N) is 7. The SMILES string of the molecule is Nc1ncnc2cc(-c3cn(Cc4c(F)cc(-c5nnc(C(F)F)o5)cc4F)nn3)ccc12. The molecule has 0 saturated carbocycles. The van der Waals surface area contributed by atoms with Gasteiger partial charge in [-0.1, -0.05) is 11.3 Å². The molecule has 9 nitrogen and oxygen atoms in total. The molecule has 0 amide bonds. The molecule has 0 atom stereocenters. The molecule has 0 aliphatic heterocycles. The lowest BCUT2D eigenvalue weighted by molar-refractivity contribution is 0.116. The highest BCUT2D eigenvalue weighted by atomic mass is 19.3. The fourth-order valence-electron chi connectivity index (χ4n) is 3.22. The van der Waals surface area contributed by atoms with E-state index < -0.39 is 29.8 Å². The van der Waals surface area contributed by atoms with Crippen LogP contribution in [-0.4, -0.2) is 35.2 Å². The number of anilines is 1. The molecule has 13 heteroatoms. The smallest absolute Gasteiger partial charge is 0.314 e. The van der Waals surface area contributed by atoms with E-state index in [1.165, 1.54) is 17.2 Å². The molecule has 2 N–H and O–H groups in total. The van der Waals surface area contributed by atoms with Gasteiger partial charge < -0.3 is 10.2 Å². The minimum absolute atomic E-state index is 0.162. The van der Waals surface area contributed by atoms with Gasteiger partial charge in [0.15, 0.2) is 0 Å². The van der Waals surface area contributed by atoms with E-state index in [1.807, 2.05) is 0 Å². The molecule has 166 valence electrons. The third-order valence-corrected chi connectivity index (χ3v) is 4.84. The first-order valence-corrected chi connectivity index (χ1v) is 9.39. The van der Waals surface area contributed by atoms with Crippen LogP contribution >= 0.6 is 0 Å². The standard InChI is InChI=1S/C20H12F4N8O/c21-13-3-10(19-29-30-20(33-19)17(23)24)4-14(22)12(13)6-32-7-16(28-31-32)9-1-2-11-15(5-9)26-8-27-18(11)25/h1-5,7-8,17H,6H2,(H2,25,26,27). The van der Waals surface area contributed by atoms with Crippen LogP contribution in [0.25, 0.3) is 33.6 Å². The van der Waals surface area contributed by atoms with Gasteiger partial charge in [-0.25, -0.2) is 23.4 Å². The lowest BCUT2D eigenvalue weighted by Gasteiger charge is -2.06. The van der Waals surface area contributed by atoms with E-state index in [0.717, 1.165) is 12.1 Å². The summed E-state index contributed by atoms with van der Waals surface area (Å²) in [6.07, 6.45) is -0.129. The average molecular weight is 456 g/mol. The third kappa shape index (κ3) is 3.84. The monoisotopic (exact) mass is 456 g/mol. The van der Waals surface area contributed by atoms with Crippen molar-refractivity contribution in [1.29, 1.82) is 0 Å². The first-order valence-electron chi connectivity index (χ1n) is 9.39. The van der Waals surface area contributed by atoms with Crippen molar-refractivity contribution in [2.24, 2.45) is 0 Å². The van der Waals surface area contributed by atoms with Gasteiger partial charge in [0.25, 0.3) is 5.89 Å². The molecule has 0 spiro atoms. The molecule has 0 radical (unpaired) electrons. The highest BCUT2D eigenvalue weighted by Crippen LogP contribution is 2.27. The van der Waals surface area contributed by atoms with Crippen LogP contribution in [0.15, 0.2) is 47.3 Å². The van der Waals surface area contributed by atoms with E-state index in [0.29, 0.717) is 28.0 Å². The van der Waals surface area contributed by atoms with Gasteiger partial charge in [0, 0.05) is 22.1 Å². The van der Waals surface area contributed by atoms with Gasteiger partial charge in [0.05, 0.1) is 18.3 Å². The van der Waals surface area contributed by atoms with Gasteiger partial charge in [0.2, 0.25) is 5.89 Å². The molecule has 33 heavy (non-hydrogen) atoms. The summed E-state index contributed by atoms with van der Waals surface area (Å²) in [6.45, 7) is -0.264. The number of rotatable bonds is 5. The number of hydrogen-bond donors (Lipinski definition) is 1. The zero-order chi connectivity index (χ0) is 23.1. The normalized spacial score (nSPS) is 11.5. The van der Waals surface area contributed by atoms with Crippen molar-refractivity contribution >= 4 is 16.7 Å². The maximum atomic E-state index is 14.6. The summed E-state index contributed by atoms with van der Waals surface area (Å²) in [5.74, 6) is -2.88. The first kappa shape index (κ1) is 20.5. The number of aromatic nitrogens is 7. The minimum atomic E-state index is -2.99. The van der Waals surface area contributed by atoms with Crippen LogP contribution in [0.2, 0.25) is 0 Å². The van der Waals surface area contributed by atoms with Crippen LogP contribution in [0.3, 0.4) is 0 Å². The maximum absolute atomic E-state index is 14.6. The number of halogens is 4. The number of alkyl halides is 2. The van der Waals surface area contributed by atoms with Gasteiger partial charge in [-0.3, -0.25) is 0 Å². The van der Waals surface area contributed by atoms with E-state index in [4.69, 9.17) is 10.2 Å². The number of fused-ring (bicyclic) bond motifs is 1. The Morgan fingerprint density at radius 2 is 1.76 bits per heavy atom. The van der Waals surface area contributed by atoms with E-state index >= 15 is 0 Å². The molecule has 0 bridgehead atoms. The summed E-state index contributed by atoms with van der Waals surface area (Å²) in [6, 6.07) is 7.09. The molecule has 5 rings (SSSR count). The van der Waals surface area contributed by atoms with Gasteiger partial charge >= 0.3 is 6.43 Å². The number of nitrogen functional groups attached to an aromatic ring is 1. The Morgan fingerprint density at radius 3 is 2.48 bits per heavy atom. The Kier molecular flexibility index (Phi) is 4.92. The Hall–Kier alpha value is -4.42. The number of benzene rings is 2. The van der Waals surface area contributed by atoms with Crippen LogP contribution in [-0.2, 0) is 6.54 Å². The molecule has 0 aliphatic rings. The van der Waals surface area contributed by atoms with Crippen LogP contribution < -0.4 is 5.73 Å². The second-order valence-corrected chi connectivity index (χ2v) is 6.96. The highest BCUT2D eigenvalue weighted by Gasteiger charge is 2.20. The summed E-state index contributed by atoms with van der Waals surface area (Å²) >= 11 is 0. The largest absolute Gasteiger partial charge is 0.415 e. The van der Waals surface area contributed by atoms with Gasteiger partial charge in [-0.15, -0.1) is 15.3 Å². The second kappa shape index (κ2) is 7.93. The number of nitrogens with two attached hydrogens (primary N) is 1. The van der Waals surface area contributed by atoms with Crippen molar-refractivity contribution in [3.05, 3.63) is 65.9 Å². The Balaban J connectivity index is 1.41. The summed E-state index contributed by atoms with van der Waals surface area (Å²) in [7, 11) is 0. The second-order valence-electron chi connectivity index (χ2n) is 6.96. The van der Waals surface area contributed by atoms with E-state index in [1.54, 1.807) is 18.2 Å². The van der Waals surface area contributed by atoms with Gasteiger partial charge in [-0.05, 0) is 24.3 Å². The summed E-state index contributed by atoms with van der Waals surface area (Å²) in [5, 5.41) is 15.2. The van der Waals surface area contributed by atoms with Crippen LogP contribution in [0.1, 0.15) is 17.9 Å². The first-order chi connectivity index (χ1) is 15.9. The van der Waals surface area contributed by atoms with Crippen molar-refractivity contribution in [2.45, 2.75) is 13.0 Å². The minimum Gasteiger partial charge on any atom is -0.415 e. The Morgan fingerprint density at radius 1 is 0.970 bits per heavy atom. The third-order valence-electron chi connectivity index (χ3n) is 4.84. The zero-order valence-electron chi connectivity index (χ0n) is 16.5. The van der Waals surface area contributed by atoms with E-state index in [-0.39, 0.29) is 17.7 Å². The van der Waals surface area contributed by atoms with Crippen LogP contribution in [0.5, 0.6) is 0 Å². The summed E-state index contributed by atoms with van der Waals surface area (Å²) in [4.78, 5) is 8.09. The van der Waals surface area contributed by atoms with E-state index in [2.05, 4.69) is 30.5 Å². The molecular formula is C20H12F4N8O. The molecule has 0 unspecified atom stereocenters. The van der Waals surface area contributed by atoms with Crippen molar-refractivity contribution in [3.8, 4) is 22.7 Å². The molecule has 0 saturated heterocycles. The lowest BCUT2D eigenvalue weighted by Crippen LogP contribution is -2.06. The predicted molar refractivity (Wildman–Crippen MR) is 107 cm³/mol. The molecule has 3 heterocycles. The summed E-state index contributed by atoms with van der Waals surface area (Å²) in [5.41, 5.74) is 7.10. The van der Waals surface area contributed by atoms with E-state index in [9.17, 15) is 17.6 Å². The topological polar surface area (TPSA) is 121 Å². The summed E-state index contributed by atoms with van der Waals surface area (Å²) < 4.78 is 60.5. The maximum Gasteiger partial charge on any atom is 0.314 e. The molecule has 5 aromatic rings. The Bertz CT molecular complexity index is 1460. The zero-order valence-corrected chi connectivity index (χ0v) is 16.5. The van der Waals surface area contributed by atoms with Crippen molar-refractivity contribution in [2.75, 3.05) is 5.73 Å². The lowest BCUT2D eigenvalue weighted by atomic mass is 10.1. The average Bonchev–Trinajstić information content (AvgIpc) is 3.46. The molecule has 3 aromatic heterocycles. The van der Waals surface area contributed by atoms with Gasteiger partial charge in [0.1, 0.15) is 29.5 Å². The molecule has 0 aliphatic carbocycles. The number of hydrogen-bond acceptors (Lipinski definition) is 8. The highest BCUT2D eigenvalue weighted by molar-refractivity contribution is 5.90. The van der Waals surface area contributed by atoms with Gasteiger partial charge in [-0.2, -0.15) is 8.78 Å². The van der Waals surface area contributed by atoms with Crippen LogP contribution in [0, 0.1) is 11.6 Å². The van der Waals surface area contributed by atoms with Crippen molar-refractivity contribution < 1.29 is 22.0 Å². The fourth-order valence-corrected chi connectivity index (χ4v) is 3.22. The molecule has 2 aromatic carbocycles. The van der Waals surface area contributed by atoms with Crippen LogP contribution in [0.4, 0.5) is 23.4 Å². The van der Waals surface area contributed by atoms with Crippen molar-refractivity contribution in [3.63, 3.8) is 0 Å². The molecule has 0 fully saturated rings. The quantitative estimate of drug-likeness (QED) is 0.397. The van der Waals surface area contributed by atoms with Crippen molar-refractivity contribution in [1.82, 2.24) is 35.2 Å². The Labute approximate surface area is 181 Å².